The first kappa shape index (κ1) is 12.7. The molecular formula is C14H15BrN2O2. The van der Waals surface area contributed by atoms with Crippen LogP contribution in [0.15, 0.2) is 28.7 Å². The summed E-state index contributed by atoms with van der Waals surface area (Å²) < 4.78 is 0.907. The molecule has 4 nitrogen and oxygen atoms in total. The van der Waals surface area contributed by atoms with Gasteiger partial charge >= 0.3 is 0 Å². The fourth-order valence-electron chi connectivity index (χ4n) is 3.00. The molecule has 0 unspecified atom stereocenters. The first-order valence-corrected chi connectivity index (χ1v) is 7.29. The van der Waals surface area contributed by atoms with Crippen LogP contribution >= 0.6 is 15.9 Å². The van der Waals surface area contributed by atoms with Gasteiger partial charge in [-0.05, 0) is 31.0 Å². The standard InChI is InChI=1S/C14H15BrN2O2/c15-10-4-3-5-11(8-10)17-9-12(18)16-14(13(17)19)6-1-2-7-14/h3-5,8H,1-2,6-7,9H2,(H,16,18). The number of hydrogen-bond acceptors (Lipinski definition) is 2. The Kier molecular flexibility index (Phi) is 3.09. The highest BCUT2D eigenvalue weighted by Gasteiger charge is 2.48. The number of carbonyl (C=O) groups excluding carboxylic acids is 2. The van der Waals surface area contributed by atoms with Gasteiger partial charge in [-0.1, -0.05) is 34.8 Å². The number of nitrogens with one attached hydrogen (secondary N) is 1. The van der Waals surface area contributed by atoms with Gasteiger partial charge in [0.1, 0.15) is 12.1 Å². The summed E-state index contributed by atoms with van der Waals surface area (Å²) >= 11 is 3.40. The van der Waals surface area contributed by atoms with Crippen molar-refractivity contribution in [2.45, 2.75) is 31.2 Å². The van der Waals surface area contributed by atoms with Crippen molar-refractivity contribution in [2.75, 3.05) is 11.4 Å². The molecule has 0 aromatic heterocycles. The van der Waals surface area contributed by atoms with Crippen LogP contribution in [-0.4, -0.2) is 23.9 Å². The zero-order chi connectivity index (χ0) is 13.5. The number of hydrogen-bond donors (Lipinski definition) is 1. The molecule has 3 rings (SSSR count). The van der Waals surface area contributed by atoms with Gasteiger partial charge in [0.2, 0.25) is 5.91 Å². The maximum atomic E-state index is 12.7. The second-order valence-corrected chi connectivity index (χ2v) is 6.12. The van der Waals surface area contributed by atoms with Crippen molar-refractivity contribution >= 4 is 33.4 Å². The van der Waals surface area contributed by atoms with Crippen LogP contribution in [0.5, 0.6) is 0 Å². The third-order valence-electron chi connectivity index (χ3n) is 3.91. The molecule has 1 aliphatic carbocycles. The van der Waals surface area contributed by atoms with Gasteiger partial charge in [0.15, 0.2) is 0 Å². The first-order valence-electron chi connectivity index (χ1n) is 6.49. The van der Waals surface area contributed by atoms with Gasteiger partial charge in [-0.3, -0.25) is 9.59 Å². The van der Waals surface area contributed by atoms with E-state index in [0.29, 0.717) is 0 Å². The Hall–Kier alpha value is -1.36. The summed E-state index contributed by atoms with van der Waals surface area (Å²) in [5.41, 5.74) is 0.123. The maximum Gasteiger partial charge on any atom is 0.253 e. The topological polar surface area (TPSA) is 49.4 Å². The maximum absolute atomic E-state index is 12.7. The Morgan fingerprint density at radius 2 is 1.95 bits per heavy atom. The quantitative estimate of drug-likeness (QED) is 0.862. The number of piperazine rings is 1. The van der Waals surface area contributed by atoms with Crippen LogP contribution in [0, 0.1) is 0 Å². The van der Waals surface area contributed by atoms with Gasteiger partial charge in [-0.2, -0.15) is 0 Å². The molecule has 5 heteroatoms. The molecule has 1 spiro atoms. The zero-order valence-corrected chi connectivity index (χ0v) is 12.1. The average molecular weight is 323 g/mol. The molecule has 0 atom stereocenters. The highest BCUT2D eigenvalue weighted by Crippen LogP contribution is 2.35. The monoisotopic (exact) mass is 322 g/mol. The van der Waals surface area contributed by atoms with Crippen molar-refractivity contribution in [3.05, 3.63) is 28.7 Å². The molecule has 0 bridgehead atoms. The molecule has 1 aromatic rings. The Morgan fingerprint density at radius 3 is 2.63 bits per heavy atom. The number of halogens is 1. The summed E-state index contributed by atoms with van der Waals surface area (Å²) in [6.07, 6.45) is 3.50. The van der Waals surface area contributed by atoms with E-state index in [-0.39, 0.29) is 18.4 Å². The van der Waals surface area contributed by atoms with E-state index in [2.05, 4.69) is 21.2 Å². The van der Waals surface area contributed by atoms with Gasteiger partial charge in [-0.15, -0.1) is 0 Å². The number of anilines is 1. The van der Waals surface area contributed by atoms with Crippen LogP contribution in [-0.2, 0) is 9.59 Å². The molecule has 1 heterocycles. The summed E-state index contributed by atoms with van der Waals surface area (Å²) in [5.74, 6) is -0.0378. The normalized spacial score (nSPS) is 21.8. The SMILES string of the molecule is O=C1CN(c2cccc(Br)c2)C(=O)C2(CCCC2)N1. The molecule has 1 saturated heterocycles. The van der Waals surface area contributed by atoms with Crippen molar-refractivity contribution in [1.29, 1.82) is 0 Å². The minimum Gasteiger partial charge on any atom is -0.340 e. The van der Waals surface area contributed by atoms with Crippen molar-refractivity contribution in [3.8, 4) is 0 Å². The molecule has 19 heavy (non-hydrogen) atoms. The van der Waals surface area contributed by atoms with Crippen LogP contribution in [0.1, 0.15) is 25.7 Å². The van der Waals surface area contributed by atoms with Gasteiger partial charge in [0.05, 0.1) is 0 Å². The number of rotatable bonds is 1. The van der Waals surface area contributed by atoms with E-state index in [1.54, 1.807) is 4.90 Å². The van der Waals surface area contributed by atoms with E-state index in [1.807, 2.05) is 24.3 Å². The lowest BCUT2D eigenvalue weighted by Crippen LogP contribution is -2.65. The van der Waals surface area contributed by atoms with Crippen LogP contribution in [0.3, 0.4) is 0 Å². The van der Waals surface area contributed by atoms with Crippen molar-refractivity contribution < 1.29 is 9.59 Å². The van der Waals surface area contributed by atoms with E-state index in [0.717, 1.165) is 35.8 Å². The molecule has 0 radical (unpaired) electrons. The Morgan fingerprint density at radius 1 is 1.21 bits per heavy atom. The fourth-order valence-corrected chi connectivity index (χ4v) is 3.39. The second-order valence-electron chi connectivity index (χ2n) is 5.21. The lowest BCUT2D eigenvalue weighted by atomic mass is 9.92. The van der Waals surface area contributed by atoms with Crippen molar-refractivity contribution in [1.82, 2.24) is 5.32 Å². The molecule has 2 fully saturated rings. The molecule has 1 saturated carbocycles. The molecule has 1 aromatic carbocycles. The van der Waals surface area contributed by atoms with Gasteiger partial charge in [0, 0.05) is 10.2 Å². The van der Waals surface area contributed by atoms with Crippen LogP contribution < -0.4 is 10.2 Å². The zero-order valence-electron chi connectivity index (χ0n) is 10.5. The summed E-state index contributed by atoms with van der Waals surface area (Å²) in [6.45, 7) is 0.108. The smallest absolute Gasteiger partial charge is 0.253 e. The highest BCUT2D eigenvalue weighted by atomic mass is 79.9. The molecule has 1 aliphatic heterocycles. The van der Waals surface area contributed by atoms with E-state index in [4.69, 9.17) is 0 Å². The second kappa shape index (κ2) is 4.63. The highest BCUT2D eigenvalue weighted by molar-refractivity contribution is 9.10. The molecular weight excluding hydrogens is 308 g/mol. The van der Waals surface area contributed by atoms with Crippen LogP contribution in [0.2, 0.25) is 0 Å². The molecule has 1 N–H and O–H groups in total. The van der Waals surface area contributed by atoms with E-state index < -0.39 is 5.54 Å². The summed E-state index contributed by atoms with van der Waals surface area (Å²) in [5, 5.41) is 2.91. The van der Waals surface area contributed by atoms with E-state index in [1.165, 1.54) is 0 Å². The third-order valence-corrected chi connectivity index (χ3v) is 4.41. The molecule has 100 valence electrons. The first-order chi connectivity index (χ1) is 9.11. The third kappa shape index (κ3) is 2.16. The minimum absolute atomic E-state index is 0.0303. The number of amides is 2. The summed E-state index contributed by atoms with van der Waals surface area (Å²) in [7, 11) is 0. The molecule has 2 aliphatic rings. The largest absolute Gasteiger partial charge is 0.340 e. The van der Waals surface area contributed by atoms with Gasteiger partial charge in [0.25, 0.3) is 5.91 Å². The predicted molar refractivity (Wildman–Crippen MR) is 75.8 cm³/mol. The van der Waals surface area contributed by atoms with E-state index >= 15 is 0 Å². The Labute approximate surface area is 120 Å². The lowest BCUT2D eigenvalue weighted by molar-refractivity contribution is -0.135. The Bertz CT molecular complexity index is 538. The van der Waals surface area contributed by atoms with Crippen LogP contribution in [0.4, 0.5) is 5.69 Å². The molecule has 2 amide bonds. The average Bonchev–Trinajstić information content (AvgIpc) is 2.83. The predicted octanol–water partition coefficient (Wildman–Crippen LogP) is 2.22. The summed E-state index contributed by atoms with van der Waals surface area (Å²) in [6, 6.07) is 7.52. The van der Waals surface area contributed by atoms with E-state index in [9.17, 15) is 9.59 Å². The number of benzene rings is 1. The van der Waals surface area contributed by atoms with Gasteiger partial charge < -0.3 is 10.2 Å². The Balaban J connectivity index is 1.97. The fraction of sp³-hybridized carbons (Fsp3) is 0.429. The van der Waals surface area contributed by atoms with Crippen molar-refractivity contribution in [2.24, 2.45) is 0 Å². The number of carbonyl (C=O) groups is 2. The summed E-state index contributed by atoms with van der Waals surface area (Å²) in [4.78, 5) is 26.2. The number of nitrogens with zero attached hydrogens (tertiary/aromatic N) is 1. The minimum atomic E-state index is -0.655. The lowest BCUT2D eigenvalue weighted by Gasteiger charge is -2.39. The van der Waals surface area contributed by atoms with Gasteiger partial charge in [-0.25, -0.2) is 0 Å². The van der Waals surface area contributed by atoms with Crippen LogP contribution in [0.25, 0.3) is 0 Å². The van der Waals surface area contributed by atoms with Crippen molar-refractivity contribution in [3.63, 3.8) is 0 Å².